The van der Waals surface area contributed by atoms with E-state index >= 15 is 0 Å². The van der Waals surface area contributed by atoms with Crippen molar-refractivity contribution in [1.29, 1.82) is 5.26 Å². The molecule has 4 aliphatic rings. The van der Waals surface area contributed by atoms with Crippen LogP contribution in [0, 0.1) is 29.1 Å². The predicted octanol–water partition coefficient (Wildman–Crippen LogP) is 6.87. The van der Waals surface area contributed by atoms with Crippen molar-refractivity contribution >= 4 is 46.1 Å². The summed E-state index contributed by atoms with van der Waals surface area (Å²) in [7, 11) is 0. The van der Waals surface area contributed by atoms with Gasteiger partial charge in [0, 0.05) is 26.1 Å². The minimum Gasteiger partial charge on any atom is -0.297 e. The number of hydrogen-bond donors (Lipinski definition) is 1. The maximum absolute atomic E-state index is 13.1. The third kappa shape index (κ3) is 4.37. The van der Waals surface area contributed by atoms with Gasteiger partial charge in [-0.15, -0.1) is 0 Å². The number of thioether (sulfide) groups is 1. The number of nitrogens with zero attached hydrogens (tertiary/aromatic N) is 3. The first-order valence-electron chi connectivity index (χ1n) is 11.7. The quantitative estimate of drug-likeness (QED) is 0.394. The molecule has 0 saturated heterocycles. The zero-order valence-corrected chi connectivity index (χ0v) is 21.0. The van der Waals surface area contributed by atoms with Gasteiger partial charge < -0.3 is 0 Å². The number of aromatic nitrogens is 2. The number of rotatable bonds is 6. The van der Waals surface area contributed by atoms with Crippen LogP contribution in [0.4, 0.5) is 5.13 Å². The molecule has 1 heterocycles. The number of nitrogens with one attached hydrogen (secondary N) is 1. The van der Waals surface area contributed by atoms with Crippen molar-refractivity contribution in [2.45, 2.75) is 58.2 Å². The molecule has 4 saturated carbocycles. The van der Waals surface area contributed by atoms with Crippen molar-refractivity contribution in [1.82, 2.24) is 9.36 Å². The molecule has 4 fully saturated rings. The van der Waals surface area contributed by atoms with Gasteiger partial charge in [0.05, 0.1) is 11.1 Å². The Bertz CT molecular complexity index is 1250. The lowest BCUT2D eigenvalue weighted by atomic mass is 9.56. The predicted molar refractivity (Wildman–Crippen MR) is 136 cm³/mol. The summed E-state index contributed by atoms with van der Waals surface area (Å²) in [6, 6.07) is 17.1. The third-order valence-corrected chi connectivity index (χ3v) is 10.5. The van der Waals surface area contributed by atoms with Crippen LogP contribution < -0.4 is 5.32 Å². The van der Waals surface area contributed by atoms with E-state index in [4.69, 9.17) is 0 Å². The van der Waals surface area contributed by atoms with Crippen LogP contribution in [-0.2, 0) is 0 Å². The molecule has 0 spiro atoms. The number of carbonyl (C=O) groups is 1. The van der Waals surface area contributed by atoms with E-state index in [2.05, 4.69) is 20.7 Å². The van der Waals surface area contributed by atoms with Crippen LogP contribution in [0.2, 0.25) is 0 Å². The van der Waals surface area contributed by atoms with Crippen molar-refractivity contribution in [3.63, 3.8) is 0 Å². The van der Waals surface area contributed by atoms with Gasteiger partial charge >= 0.3 is 0 Å². The maximum Gasteiger partial charge on any atom is 0.258 e. The molecule has 0 aliphatic heterocycles. The zero-order chi connectivity index (χ0) is 23.1. The molecular formula is C26H24N4OS3. The van der Waals surface area contributed by atoms with Crippen molar-refractivity contribution in [2.75, 3.05) is 5.32 Å². The monoisotopic (exact) mass is 504 g/mol. The van der Waals surface area contributed by atoms with Crippen LogP contribution in [0.3, 0.4) is 0 Å². The molecule has 2 aromatic carbocycles. The minimum absolute atomic E-state index is 0.208. The summed E-state index contributed by atoms with van der Waals surface area (Å²) < 4.78 is 4.89. The highest BCUT2D eigenvalue weighted by Crippen LogP contribution is 2.61. The van der Waals surface area contributed by atoms with E-state index in [0.717, 1.165) is 32.7 Å². The summed E-state index contributed by atoms with van der Waals surface area (Å²) in [5.41, 5.74) is 1.16. The number of carbonyl (C=O) groups excluding carboxylic acids is 1. The summed E-state index contributed by atoms with van der Waals surface area (Å²) in [4.78, 5) is 19.5. The molecular weight excluding hydrogens is 481 g/mol. The Kier molecular flexibility index (Phi) is 5.88. The molecule has 0 atom stereocenters. The van der Waals surface area contributed by atoms with Crippen molar-refractivity contribution in [3.8, 4) is 6.07 Å². The smallest absolute Gasteiger partial charge is 0.258 e. The standard InChI is InChI=1S/C26H24N4OS3/c27-15-19-5-1-3-7-21(19)32-22-8-4-2-6-20(22)23(31)28-24-29-25(30-34-24)33-26-12-16-9-17(13-26)11-18(10-16)14-26/h1-8,16-18H,9-14H2,(H,28,29,30,31). The summed E-state index contributed by atoms with van der Waals surface area (Å²) in [6.07, 6.45) is 8.13. The van der Waals surface area contributed by atoms with E-state index in [1.807, 2.05) is 48.2 Å². The second-order valence-corrected chi connectivity index (χ2v) is 13.0. The van der Waals surface area contributed by atoms with Gasteiger partial charge in [0.15, 0.2) is 0 Å². The average Bonchev–Trinajstić information content (AvgIpc) is 3.24. The molecule has 4 bridgehead atoms. The first kappa shape index (κ1) is 22.1. The van der Waals surface area contributed by atoms with Gasteiger partial charge in [0.1, 0.15) is 6.07 Å². The van der Waals surface area contributed by atoms with Gasteiger partial charge in [-0.2, -0.15) is 14.6 Å². The highest BCUT2D eigenvalue weighted by Gasteiger charge is 2.51. The number of hydrogen-bond acceptors (Lipinski definition) is 7. The van der Waals surface area contributed by atoms with Gasteiger partial charge in [-0.3, -0.25) is 10.1 Å². The topological polar surface area (TPSA) is 78.7 Å². The van der Waals surface area contributed by atoms with E-state index in [-0.39, 0.29) is 5.91 Å². The normalized spacial score (nSPS) is 26.9. The number of anilines is 1. The van der Waals surface area contributed by atoms with Crippen LogP contribution in [0.1, 0.15) is 54.4 Å². The molecule has 4 aliphatic carbocycles. The highest BCUT2D eigenvalue weighted by molar-refractivity contribution is 8.00. The lowest BCUT2D eigenvalue weighted by Gasteiger charge is -2.56. The fourth-order valence-corrected chi connectivity index (χ4v) is 9.62. The zero-order valence-electron chi connectivity index (χ0n) is 18.6. The third-order valence-electron chi connectivity index (χ3n) is 7.28. The van der Waals surface area contributed by atoms with Gasteiger partial charge in [0.2, 0.25) is 10.3 Å². The highest BCUT2D eigenvalue weighted by atomic mass is 32.2. The largest absolute Gasteiger partial charge is 0.297 e. The number of amides is 1. The van der Waals surface area contributed by atoms with Crippen molar-refractivity contribution < 1.29 is 4.79 Å². The summed E-state index contributed by atoms with van der Waals surface area (Å²) in [6.45, 7) is 0. The Morgan fingerprint density at radius 3 is 2.35 bits per heavy atom. The molecule has 0 unspecified atom stereocenters. The molecule has 7 rings (SSSR count). The fraction of sp³-hybridized carbons (Fsp3) is 0.385. The molecule has 3 aromatic rings. The van der Waals surface area contributed by atoms with E-state index in [9.17, 15) is 10.1 Å². The molecule has 172 valence electrons. The molecule has 0 radical (unpaired) electrons. The number of benzene rings is 2. The van der Waals surface area contributed by atoms with Crippen molar-refractivity contribution in [3.05, 3.63) is 59.7 Å². The lowest BCUT2D eigenvalue weighted by Crippen LogP contribution is -2.48. The van der Waals surface area contributed by atoms with Crippen molar-refractivity contribution in [2.24, 2.45) is 17.8 Å². The van der Waals surface area contributed by atoms with Crippen LogP contribution in [0.15, 0.2) is 63.5 Å². The first-order valence-corrected chi connectivity index (χ1v) is 14.1. The number of nitriles is 1. The molecule has 8 heteroatoms. The Morgan fingerprint density at radius 1 is 1.00 bits per heavy atom. The Hall–Kier alpha value is -2.34. The summed E-state index contributed by atoms with van der Waals surface area (Å²) >= 11 is 4.54. The Morgan fingerprint density at radius 2 is 1.65 bits per heavy atom. The van der Waals surface area contributed by atoms with Gasteiger partial charge in [-0.05, 0) is 80.5 Å². The maximum atomic E-state index is 13.1. The lowest BCUT2D eigenvalue weighted by molar-refractivity contribution is 0.0382. The molecule has 34 heavy (non-hydrogen) atoms. The van der Waals surface area contributed by atoms with E-state index in [1.54, 1.807) is 12.1 Å². The minimum atomic E-state index is -0.208. The van der Waals surface area contributed by atoms with E-state index in [1.165, 1.54) is 61.8 Å². The van der Waals surface area contributed by atoms with Gasteiger partial charge in [-0.25, -0.2) is 0 Å². The van der Waals surface area contributed by atoms with Crippen LogP contribution in [0.5, 0.6) is 0 Å². The SMILES string of the molecule is N#Cc1ccccc1Sc1ccccc1C(=O)Nc1nc(SC23CC4CC(CC(C4)C2)C3)ns1. The summed E-state index contributed by atoms with van der Waals surface area (Å²) in [5, 5.41) is 13.7. The van der Waals surface area contributed by atoms with E-state index < -0.39 is 0 Å². The fourth-order valence-electron chi connectivity index (χ4n) is 6.33. The molecule has 1 aromatic heterocycles. The van der Waals surface area contributed by atoms with Crippen LogP contribution >= 0.6 is 35.1 Å². The molecule has 5 nitrogen and oxygen atoms in total. The second-order valence-electron chi connectivity index (χ2n) is 9.75. The van der Waals surface area contributed by atoms with Gasteiger partial charge in [-0.1, -0.05) is 47.8 Å². The first-order chi connectivity index (χ1) is 16.6. The summed E-state index contributed by atoms with van der Waals surface area (Å²) in [5.74, 6) is 2.45. The van der Waals surface area contributed by atoms with Gasteiger partial charge in [0.25, 0.3) is 5.91 Å². The van der Waals surface area contributed by atoms with Crippen LogP contribution in [-0.4, -0.2) is 20.0 Å². The van der Waals surface area contributed by atoms with E-state index in [0.29, 0.717) is 21.0 Å². The molecule has 1 amide bonds. The average molecular weight is 505 g/mol. The second kappa shape index (κ2) is 9.03. The Balaban J connectivity index is 1.16. The molecule has 1 N–H and O–H groups in total. The van der Waals surface area contributed by atoms with Crippen LogP contribution in [0.25, 0.3) is 0 Å². The Labute approximate surface area is 211 Å².